The molecule has 3 N–H and O–H groups in total. The molecule has 0 saturated heterocycles. The van der Waals surface area contributed by atoms with Gasteiger partial charge in [0, 0.05) is 16.1 Å². The van der Waals surface area contributed by atoms with Crippen LogP contribution in [0.1, 0.15) is 10.4 Å². The largest absolute Gasteiger partial charge is 0.384 e. The van der Waals surface area contributed by atoms with Crippen LogP contribution in [0.4, 0.5) is 11.5 Å². The predicted molar refractivity (Wildman–Crippen MR) is 79.8 cm³/mol. The number of benzene rings is 1. The number of thioether (sulfide) groups is 1. The van der Waals surface area contributed by atoms with E-state index in [1.807, 2.05) is 30.5 Å². The summed E-state index contributed by atoms with van der Waals surface area (Å²) in [7, 11) is 0. The SMILES string of the molecule is CSc1ccc(NC(=O)c2cc(N)nc(Cl)c2)cc1. The van der Waals surface area contributed by atoms with E-state index < -0.39 is 0 Å². The van der Waals surface area contributed by atoms with E-state index in [1.54, 1.807) is 11.8 Å². The maximum absolute atomic E-state index is 12.0. The number of nitrogens with zero attached hydrogens (tertiary/aromatic N) is 1. The van der Waals surface area contributed by atoms with Gasteiger partial charge >= 0.3 is 0 Å². The maximum Gasteiger partial charge on any atom is 0.255 e. The number of anilines is 2. The molecule has 98 valence electrons. The first-order valence-corrected chi connectivity index (χ1v) is 7.07. The molecule has 1 heterocycles. The van der Waals surface area contributed by atoms with Crippen LogP contribution in [0.15, 0.2) is 41.3 Å². The lowest BCUT2D eigenvalue weighted by Crippen LogP contribution is -2.12. The van der Waals surface area contributed by atoms with Crippen molar-refractivity contribution in [1.29, 1.82) is 0 Å². The van der Waals surface area contributed by atoms with Gasteiger partial charge in [-0.1, -0.05) is 11.6 Å². The molecule has 1 aromatic carbocycles. The van der Waals surface area contributed by atoms with Crippen molar-refractivity contribution in [3.63, 3.8) is 0 Å². The fourth-order valence-corrected chi connectivity index (χ4v) is 2.15. The van der Waals surface area contributed by atoms with Crippen LogP contribution in [0, 0.1) is 0 Å². The molecule has 0 saturated carbocycles. The summed E-state index contributed by atoms with van der Waals surface area (Å²) in [6, 6.07) is 10.5. The van der Waals surface area contributed by atoms with Gasteiger partial charge in [0.2, 0.25) is 0 Å². The number of rotatable bonds is 3. The van der Waals surface area contributed by atoms with Crippen molar-refractivity contribution in [2.45, 2.75) is 4.90 Å². The Bertz CT molecular complexity index is 581. The lowest BCUT2D eigenvalue weighted by molar-refractivity contribution is 0.102. The minimum absolute atomic E-state index is 0.197. The highest BCUT2D eigenvalue weighted by Gasteiger charge is 2.08. The topological polar surface area (TPSA) is 68.0 Å². The summed E-state index contributed by atoms with van der Waals surface area (Å²) >= 11 is 7.40. The fraction of sp³-hybridized carbons (Fsp3) is 0.0769. The molecule has 2 rings (SSSR count). The summed E-state index contributed by atoms with van der Waals surface area (Å²) in [6.07, 6.45) is 2.00. The van der Waals surface area contributed by atoms with Crippen molar-refractivity contribution in [3.8, 4) is 0 Å². The Morgan fingerprint density at radius 3 is 2.58 bits per heavy atom. The normalized spacial score (nSPS) is 10.2. The number of aromatic nitrogens is 1. The van der Waals surface area contributed by atoms with Crippen molar-refractivity contribution in [2.75, 3.05) is 17.3 Å². The van der Waals surface area contributed by atoms with Gasteiger partial charge in [0.05, 0.1) is 0 Å². The Kier molecular flexibility index (Phi) is 4.29. The van der Waals surface area contributed by atoms with E-state index in [2.05, 4.69) is 10.3 Å². The van der Waals surface area contributed by atoms with Crippen LogP contribution < -0.4 is 11.1 Å². The maximum atomic E-state index is 12.0. The Hall–Kier alpha value is -1.72. The van der Waals surface area contributed by atoms with E-state index in [0.29, 0.717) is 11.3 Å². The van der Waals surface area contributed by atoms with Gasteiger partial charge in [-0.3, -0.25) is 4.79 Å². The van der Waals surface area contributed by atoms with Crippen LogP contribution in [-0.2, 0) is 0 Å². The lowest BCUT2D eigenvalue weighted by Gasteiger charge is -2.06. The van der Waals surface area contributed by atoms with Crippen molar-refractivity contribution in [2.24, 2.45) is 0 Å². The fourth-order valence-electron chi connectivity index (χ4n) is 1.53. The Balaban J connectivity index is 2.15. The van der Waals surface area contributed by atoms with Gasteiger partial charge in [-0.25, -0.2) is 4.98 Å². The number of carbonyl (C=O) groups is 1. The minimum atomic E-state index is -0.270. The Morgan fingerprint density at radius 1 is 1.32 bits per heavy atom. The Morgan fingerprint density at radius 2 is 2.00 bits per heavy atom. The molecule has 0 atom stereocenters. The first-order valence-electron chi connectivity index (χ1n) is 5.47. The van der Waals surface area contributed by atoms with Gasteiger partial charge < -0.3 is 11.1 Å². The smallest absolute Gasteiger partial charge is 0.255 e. The third-order valence-corrected chi connectivity index (χ3v) is 3.36. The number of nitrogen functional groups attached to an aromatic ring is 1. The number of pyridine rings is 1. The first-order chi connectivity index (χ1) is 9.08. The zero-order valence-electron chi connectivity index (χ0n) is 10.2. The molecule has 1 aromatic heterocycles. The van der Waals surface area contributed by atoms with Crippen LogP contribution in [0.3, 0.4) is 0 Å². The lowest BCUT2D eigenvalue weighted by atomic mass is 10.2. The van der Waals surface area contributed by atoms with Crippen molar-refractivity contribution >= 4 is 40.8 Å². The number of nitrogens with one attached hydrogen (secondary N) is 1. The second-order valence-electron chi connectivity index (χ2n) is 3.79. The number of nitrogens with two attached hydrogens (primary N) is 1. The number of halogens is 1. The quantitative estimate of drug-likeness (QED) is 0.673. The van der Waals surface area contributed by atoms with Gasteiger partial charge in [-0.05, 0) is 42.7 Å². The second-order valence-corrected chi connectivity index (χ2v) is 5.05. The van der Waals surface area contributed by atoms with Crippen LogP contribution >= 0.6 is 23.4 Å². The number of hydrogen-bond acceptors (Lipinski definition) is 4. The highest BCUT2D eigenvalue weighted by atomic mass is 35.5. The van der Waals surface area contributed by atoms with Gasteiger partial charge in [0.15, 0.2) is 0 Å². The molecule has 6 heteroatoms. The molecule has 0 aliphatic carbocycles. The standard InChI is InChI=1S/C13H12ClN3OS/c1-19-10-4-2-9(3-5-10)16-13(18)8-6-11(14)17-12(15)7-8/h2-7H,1H3,(H2,15,17)(H,16,18). The Labute approximate surface area is 120 Å². The molecule has 2 aromatic rings. The highest BCUT2D eigenvalue weighted by molar-refractivity contribution is 7.98. The van der Waals surface area contributed by atoms with Gasteiger partial charge in [0.25, 0.3) is 5.91 Å². The molecule has 0 fully saturated rings. The molecule has 19 heavy (non-hydrogen) atoms. The molecular weight excluding hydrogens is 282 g/mol. The van der Waals surface area contributed by atoms with Crippen LogP contribution in [-0.4, -0.2) is 17.1 Å². The van der Waals surface area contributed by atoms with Gasteiger partial charge in [-0.15, -0.1) is 11.8 Å². The molecule has 0 spiro atoms. The highest BCUT2D eigenvalue weighted by Crippen LogP contribution is 2.19. The summed E-state index contributed by atoms with van der Waals surface area (Å²) in [4.78, 5) is 17.0. The third-order valence-electron chi connectivity index (χ3n) is 2.42. The minimum Gasteiger partial charge on any atom is -0.384 e. The van der Waals surface area contributed by atoms with Crippen molar-refractivity contribution < 1.29 is 4.79 Å². The van der Waals surface area contributed by atoms with E-state index in [0.717, 1.165) is 4.90 Å². The van der Waals surface area contributed by atoms with Gasteiger partial charge in [0.1, 0.15) is 11.0 Å². The van der Waals surface area contributed by atoms with E-state index in [9.17, 15) is 4.79 Å². The first kappa shape index (κ1) is 13.7. The monoisotopic (exact) mass is 293 g/mol. The van der Waals surface area contributed by atoms with Crippen molar-refractivity contribution in [1.82, 2.24) is 4.98 Å². The molecular formula is C13H12ClN3OS. The summed E-state index contributed by atoms with van der Waals surface area (Å²) < 4.78 is 0. The molecule has 0 radical (unpaired) electrons. The van der Waals surface area contributed by atoms with E-state index in [-0.39, 0.29) is 16.9 Å². The molecule has 0 bridgehead atoms. The average molecular weight is 294 g/mol. The van der Waals surface area contributed by atoms with Crippen molar-refractivity contribution in [3.05, 3.63) is 47.1 Å². The summed E-state index contributed by atoms with van der Waals surface area (Å²) in [5.41, 5.74) is 6.65. The molecule has 0 aliphatic heterocycles. The van der Waals surface area contributed by atoms with Crippen LogP contribution in [0.2, 0.25) is 5.15 Å². The molecule has 4 nitrogen and oxygen atoms in total. The van der Waals surface area contributed by atoms with Crippen LogP contribution in [0.25, 0.3) is 0 Å². The van der Waals surface area contributed by atoms with E-state index in [1.165, 1.54) is 12.1 Å². The molecule has 0 unspecified atom stereocenters. The number of amides is 1. The summed E-state index contributed by atoms with van der Waals surface area (Å²) in [5.74, 6) is -0.0525. The summed E-state index contributed by atoms with van der Waals surface area (Å²) in [5, 5.41) is 2.97. The van der Waals surface area contributed by atoms with Crippen LogP contribution in [0.5, 0.6) is 0 Å². The number of hydrogen-bond donors (Lipinski definition) is 2. The average Bonchev–Trinajstić information content (AvgIpc) is 2.38. The van der Waals surface area contributed by atoms with E-state index in [4.69, 9.17) is 17.3 Å². The zero-order valence-corrected chi connectivity index (χ0v) is 11.8. The third kappa shape index (κ3) is 3.62. The zero-order chi connectivity index (χ0) is 13.8. The van der Waals surface area contributed by atoms with Gasteiger partial charge in [-0.2, -0.15) is 0 Å². The molecule has 1 amide bonds. The summed E-state index contributed by atoms with van der Waals surface area (Å²) in [6.45, 7) is 0. The van der Waals surface area contributed by atoms with E-state index >= 15 is 0 Å². The molecule has 0 aliphatic rings. The second kappa shape index (κ2) is 5.95. The number of carbonyl (C=O) groups excluding carboxylic acids is 1. The predicted octanol–water partition coefficient (Wildman–Crippen LogP) is 3.29.